The first-order chi connectivity index (χ1) is 9.17. The van der Waals surface area contributed by atoms with Gasteiger partial charge in [0, 0.05) is 7.11 Å². The molecule has 102 valence electrons. The fraction of sp³-hybridized carbons (Fsp3) is 0.529. The topological polar surface area (TPSA) is 18.5 Å². The van der Waals surface area contributed by atoms with Gasteiger partial charge < -0.3 is 9.47 Å². The molecule has 1 aromatic rings. The lowest BCUT2D eigenvalue weighted by Gasteiger charge is -2.30. The van der Waals surface area contributed by atoms with E-state index in [1.54, 1.807) is 7.11 Å². The van der Waals surface area contributed by atoms with Gasteiger partial charge in [0.2, 0.25) is 0 Å². The molecular formula is C17H22O2. The van der Waals surface area contributed by atoms with Gasteiger partial charge in [-0.1, -0.05) is 24.6 Å². The molecule has 0 aromatic heterocycles. The van der Waals surface area contributed by atoms with E-state index in [2.05, 4.69) is 12.0 Å². The third-order valence-corrected chi connectivity index (χ3v) is 3.89. The Morgan fingerprint density at radius 3 is 2.26 bits per heavy atom. The number of rotatable bonds is 2. The summed E-state index contributed by atoms with van der Waals surface area (Å²) in [6, 6.07) is 6.11. The lowest BCUT2D eigenvalue weighted by molar-refractivity contribution is 0.00997. The molecule has 1 fully saturated rings. The van der Waals surface area contributed by atoms with E-state index >= 15 is 0 Å². The first kappa shape index (κ1) is 14.0. The van der Waals surface area contributed by atoms with Crippen LogP contribution in [-0.4, -0.2) is 12.7 Å². The summed E-state index contributed by atoms with van der Waals surface area (Å²) in [5.74, 6) is 4.07. The summed E-state index contributed by atoms with van der Waals surface area (Å²) < 4.78 is 11.3. The molecule has 2 nitrogen and oxygen atoms in total. The van der Waals surface area contributed by atoms with Gasteiger partial charge in [0.25, 0.3) is 0 Å². The van der Waals surface area contributed by atoms with Gasteiger partial charge in [-0.25, -0.2) is 0 Å². The predicted molar refractivity (Wildman–Crippen MR) is 77.1 cm³/mol. The molecule has 1 aliphatic carbocycles. The van der Waals surface area contributed by atoms with Crippen LogP contribution in [0, 0.1) is 25.9 Å². The molecular weight excluding hydrogens is 236 g/mol. The van der Waals surface area contributed by atoms with Gasteiger partial charge in [-0.05, 0) is 56.6 Å². The van der Waals surface area contributed by atoms with Crippen molar-refractivity contribution in [3.8, 4) is 17.8 Å². The van der Waals surface area contributed by atoms with Gasteiger partial charge >= 0.3 is 0 Å². The molecule has 0 atom stereocenters. The van der Waals surface area contributed by atoms with Crippen LogP contribution in [0.15, 0.2) is 18.2 Å². The number of para-hydroxylation sites is 1. The van der Waals surface area contributed by atoms with Crippen LogP contribution in [-0.2, 0) is 4.74 Å². The number of benzene rings is 1. The summed E-state index contributed by atoms with van der Waals surface area (Å²) in [4.78, 5) is 0. The standard InChI is InChI=1S/C17H22O2/c1-14-8-7-9-15(2)16(14)19-13-12-17(18-3)10-5-4-6-11-17/h7-9H,4-6,10-11H2,1-3H3. The first-order valence-corrected chi connectivity index (χ1v) is 6.97. The third kappa shape index (κ3) is 3.30. The Balaban J connectivity index is 2.11. The van der Waals surface area contributed by atoms with Gasteiger partial charge in [0.05, 0.1) is 0 Å². The normalized spacial score (nSPS) is 17.4. The average Bonchev–Trinajstić information content (AvgIpc) is 2.43. The van der Waals surface area contributed by atoms with Crippen molar-refractivity contribution >= 4 is 0 Å². The molecule has 2 heteroatoms. The van der Waals surface area contributed by atoms with Crippen molar-refractivity contribution in [2.75, 3.05) is 7.11 Å². The maximum Gasteiger partial charge on any atom is 0.146 e. The summed E-state index contributed by atoms with van der Waals surface area (Å²) in [6.07, 6.45) is 8.54. The summed E-state index contributed by atoms with van der Waals surface area (Å²) >= 11 is 0. The van der Waals surface area contributed by atoms with Crippen molar-refractivity contribution in [2.45, 2.75) is 51.6 Å². The van der Waals surface area contributed by atoms with Crippen LogP contribution in [0.5, 0.6) is 5.75 Å². The molecule has 1 aromatic carbocycles. The van der Waals surface area contributed by atoms with Gasteiger partial charge in [0.1, 0.15) is 17.5 Å². The highest BCUT2D eigenvalue weighted by Crippen LogP contribution is 2.30. The second-order valence-corrected chi connectivity index (χ2v) is 5.31. The monoisotopic (exact) mass is 258 g/mol. The van der Waals surface area contributed by atoms with Gasteiger partial charge in [-0.3, -0.25) is 0 Å². The molecule has 1 aliphatic rings. The van der Waals surface area contributed by atoms with Crippen LogP contribution < -0.4 is 4.74 Å². The Hall–Kier alpha value is -1.46. The molecule has 0 heterocycles. The molecule has 1 saturated carbocycles. The minimum absolute atomic E-state index is 0.297. The maximum atomic E-state index is 5.66. The minimum Gasteiger partial charge on any atom is -0.407 e. The molecule has 0 radical (unpaired) electrons. The second-order valence-electron chi connectivity index (χ2n) is 5.31. The number of aryl methyl sites for hydroxylation is 2. The van der Waals surface area contributed by atoms with Crippen molar-refractivity contribution in [1.29, 1.82) is 0 Å². The molecule has 0 bridgehead atoms. The molecule has 2 rings (SSSR count). The van der Waals surface area contributed by atoms with Crippen LogP contribution in [0.3, 0.4) is 0 Å². The van der Waals surface area contributed by atoms with E-state index in [9.17, 15) is 0 Å². The highest BCUT2D eigenvalue weighted by molar-refractivity contribution is 5.40. The summed E-state index contributed by atoms with van der Waals surface area (Å²) in [5.41, 5.74) is 1.93. The average molecular weight is 258 g/mol. The van der Waals surface area contributed by atoms with Crippen molar-refractivity contribution in [3.63, 3.8) is 0 Å². The Morgan fingerprint density at radius 1 is 1.05 bits per heavy atom. The van der Waals surface area contributed by atoms with Crippen LogP contribution >= 0.6 is 0 Å². The van der Waals surface area contributed by atoms with Crippen molar-refractivity contribution in [3.05, 3.63) is 29.3 Å². The van der Waals surface area contributed by atoms with Crippen molar-refractivity contribution in [2.24, 2.45) is 0 Å². The summed E-state index contributed by atoms with van der Waals surface area (Å²) in [6.45, 7) is 4.08. The van der Waals surface area contributed by atoms with E-state index in [4.69, 9.17) is 9.47 Å². The first-order valence-electron chi connectivity index (χ1n) is 6.97. The highest BCUT2D eigenvalue weighted by Gasteiger charge is 2.29. The van der Waals surface area contributed by atoms with Crippen LogP contribution in [0.1, 0.15) is 43.2 Å². The molecule has 0 aliphatic heterocycles. The lowest BCUT2D eigenvalue weighted by atomic mass is 9.85. The third-order valence-electron chi connectivity index (χ3n) is 3.89. The lowest BCUT2D eigenvalue weighted by Crippen LogP contribution is -2.32. The zero-order chi connectivity index (χ0) is 13.7. The van der Waals surface area contributed by atoms with Crippen LogP contribution in [0.4, 0.5) is 0 Å². The SMILES string of the molecule is COC1(C#COc2c(C)cccc2C)CCCCC1. The van der Waals surface area contributed by atoms with Gasteiger partial charge in [0.15, 0.2) is 0 Å². The fourth-order valence-electron chi connectivity index (χ4n) is 2.63. The number of methoxy groups -OCH3 is 1. The Bertz CT molecular complexity index is 467. The molecule has 0 amide bonds. The van der Waals surface area contributed by atoms with Gasteiger partial charge in [-0.15, -0.1) is 0 Å². The van der Waals surface area contributed by atoms with Gasteiger partial charge in [-0.2, -0.15) is 0 Å². The number of hydrogen-bond donors (Lipinski definition) is 0. The summed E-state index contributed by atoms with van der Waals surface area (Å²) in [5, 5.41) is 0. The maximum absolute atomic E-state index is 5.66. The largest absolute Gasteiger partial charge is 0.407 e. The van der Waals surface area contributed by atoms with Crippen molar-refractivity contribution < 1.29 is 9.47 Å². The van der Waals surface area contributed by atoms with E-state index in [0.717, 1.165) is 29.7 Å². The Kier molecular flexibility index (Phi) is 4.50. The Morgan fingerprint density at radius 2 is 1.68 bits per heavy atom. The van der Waals surface area contributed by atoms with E-state index in [1.165, 1.54) is 19.3 Å². The number of hydrogen-bond acceptors (Lipinski definition) is 2. The Labute approximate surface area is 116 Å². The molecule has 0 saturated heterocycles. The predicted octanol–water partition coefficient (Wildman–Crippen LogP) is 3.99. The quantitative estimate of drug-likeness (QED) is 0.747. The minimum atomic E-state index is -0.297. The van der Waals surface area contributed by atoms with Crippen LogP contribution in [0.25, 0.3) is 0 Å². The zero-order valence-corrected chi connectivity index (χ0v) is 12.1. The van der Waals surface area contributed by atoms with E-state index in [0.29, 0.717) is 0 Å². The second kappa shape index (κ2) is 6.12. The number of ether oxygens (including phenoxy) is 2. The van der Waals surface area contributed by atoms with Crippen molar-refractivity contribution in [1.82, 2.24) is 0 Å². The molecule has 0 unspecified atom stereocenters. The highest BCUT2D eigenvalue weighted by atomic mass is 16.5. The zero-order valence-electron chi connectivity index (χ0n) is 12.1. The smallest absolute Gasteiger partial charge is 0.146 e. The fourth-order valence-corrected chi connectivity index (χ4v) is 2.63. The van der Waals surface area contributed by atoms with E-state index < -0.39 is 0 Å². The van der Waals surface area contributed by atoms with E-state index in [-0.39, 0.29) is 5.60 Å². The molecule has 0 spiro atoms. The van der Waals surface area contributed by atoms with E-state index in [1.807, 2.05) is 32.0 Å². The molecule has 0 N–H and O–H groups in total. The summed E-state index contributed by atoms with van der Waals surface area (Å²) in [7, 11) is 1.75. The molecule has 19 heavy (non-hydrogen) atoms. The van der Waals surface area contributed by atoms with Crippen LogP contribution in [0.2, 0.25) is 0 Å².